The maximum atomic E-state index is 10.4. The molecule has 0 radical (unpaired) electrons. The summed E-state index contributed by atoms with van der Waals surface area (Å²) in [6.07, 6.45) is 14.5. The first-order chi connectivity index (χ1) is 10.8. The number of aliphatic carboxylic acids is 1. The molecular formula is C18H30O3S. The van der Waals surface area contributed by atoms with E-state index in [-0.39, 0.29) is 6.42 Å². The zero-order chi connectivity index (χ0) is 15.6. The molecule has 1 saturated carbocycles. The maximum Gasteiger partial charge on any atom is 0.303 e. The lowest BCUT2D eigenvalue weighted by molar-refractivity contribution is -0.137. The fraction of sp³-hybridized carbons (Fsp3) is 0.833. The molecule has 0 spiro atoms. The van der Waals surface area contributed by atoms with Crippen LogP contribution in [0, 0.1) is 11.8 Å². The van der Waals surface area contributed by atoms with Gasteiger partial charge in [-0.25, -0.2) is 0 Å². The molecule has 126 valence electrons. The minimum Gasteiger partial charge on any atom is -0.481 e. The molecule has 2 rings (SSSR count). The zero-order valence-electron chi connectivity index (χ0n) is 13.5. The van der Waals surface area contributed by atoms with Crippen LogP contribution in [0.3, 0.4) is 0 Å². The Kier molecular flexibility index (Phi) is 8.38. The smallest absolute Gasteiger partial charge is 0.303 e. The number of carboxylic acids is 1. The molecule has 22 heavy (non-hydrogen) atoms. The van der Waals surface area contributed by atoms with E-state index >= 15 is 0 Å². The fourth-order valence-corrected chi connectivity index (χ4v) is 4.86. The number of allylic oxidation sites excluding steroid dienone is 2. The van der Waals surface area contributed by atoms with Crippen LogP contribution in [0.15, 0.2) is 12.2 Å². The molecule has 1 aliphatic carbocycles. The molecule has 1 aliphatic heterocycles. The van der Waals surface area contributed by atoms with Gasteiger partial charge in [-0.15, -0.1) is 0 Å². The molecule has 4 heteroatoms. The first-order valence-corrected chi connectivity index (χ1v) is 9.97. The van der Waals surface area contributed by atoms with Gasteiger partial charge in [-0.3, -0.25) is 4.79 Å². The van der Waals surface area contributed by atoms with Crippen molar-refractivity contribution in [3.05, 3.63) is 12.2 Å². The summed E-state index contributed by atoms with van der Waals surface area (Å²) < 4.78 is 6.17. The number of carboxylic acid groups (broad SMARTS) is 1. The number of rotatable bonds is 9. The molecule has 2 fully saturated rings. The van der Waals surface area contributed by atoms with E-state index < -0.39 is 5.97 Å². The number of ether oxygens (including phenoxy) is 1. The highest BCUT2D eigenvalue weighted by Crippen LogP contribution is 2.33. The van der Waals surface area contributed by atoms with E-state index in [0.717, 1.165) is 31.8 Å². The molecule has 0 aromatic carbocycles. The average Bonchev–Trinajstić information content (AvgIpc) is 2.97. The number of hydrogen-bond acceptors (Lipinski definition) is 3. The fourth-order valence-electron chi connectivity index (χ4n) is 3.34. The van der Waals surface area contributed by atoms with Crippen molar-refractivity contribution in [2.75, 3.05) is 18.1 Å². The van der Waals surface area contributed by atoms with Crippen molar-refractivity contribution in [1.82, 2.24) is 0 Å². The Balaban J connectivity index is 1.60. The molecule has 0 amide bonds. The van der Waals surface area contributed by atoms with Crippen molar-refractivity contribution >= 4 is 17.7 Å². The number of thioether (sulfide) groups is 1. The lowest BCUT2D eigenvalue weighted by Crippen LogP contribution is -2.24. The third kappa shape index (κ3) is 6.74. The summed E-state index contributed by atoms with van der Waals surface area (Å²) in [5.41, 5.74) is 0. The van der Waals surface area contributed by atoms with Gasteiger partial charge >= 0.3 is 5.97 Å². The topological polar surface area (TPSA) is 46.5 Å². The van der Waals surface area contributed by atoms with Gasteiger partial charge in [0.1, 0.15) is 0 Å². The van der Waals surface area contributed by atoms with Gasteiger partial charge in [0.15, 0.2) is 0 Å². The summed E-state index contributed by atoms with van der Waals surface area (Å²) in [6, 6.07) is 0. The summed E-state index contributed by atoms with van der Waals surface area (Å²) in [5, 5.41) is 8.60. The van der Waals surface area contributed by atoms with Gasteiger partial charge in [-0.05, 0) is 55.4 Å². The molecule has 2 aliphatic rings. The monoisotopic (exact) mass is 326 g/mol. The molecule has 0 aromatic heterocycles. The van der Waals surface area contributed by atoms with Crippen LogP contribution in [-0.2, 0) is 9.53 Å². The Hall–Kier alpha value is -0.480. The number of unbranched alkanes of at least 4 members (excludes halogenated alkanes) is 1. The minimum atomic E-state index is -0.694. The Morgan fingerprint density at radius 1 is 1.14 bits per heavy atom. The highest BCUT2D eigenvalue weighted by atomic mass is 32.2. The van der Waals surface area contributed by atoms with Crippen molar-refractivity contribution in [1.29, 1.82) is 0 Å². The highest BCUT2D eigenvalue weighted by molar-refractivity contribution is 7.99. The quantitative estimate of drug-likeness (QED) is 0.500. The summed E-state index contributed by atoms with van der Waals surface area (Å²) >= 11 is 2.06. The van der Waals surface area contributed by atoms with E-state index in [1.807, 2.05) is 0 Å². The van der Waals surface area contributed by atoms with Crippen LogP contribution in [-0.4, -0.2) is 35.3 Å². The summed E-state index contributed by atoms with van der Waals surface area (Å²) in [5.74, 6) is 3.24. The Morgan fingerprint density at radius 2 is 1.91 bits per heavy atom. The van der Waals surface area contributed by atoms with E-state index in [2.05, 4.69) is 23.9 Å². The van der Waals surface area contributed by atoms with E-state index in [0.29, 0.717) is 12.0 Å². The molecular weight excluding hydrogens is 296 g/mol. The van der Waals surface area contributed by atoms with Gasteiger partial charge in [0.25, 0.3) is 0 Å². The minimum absolute atomic E-state index is 0.279. The lowest BCUT2D eigenvalue weighted by Gasteiger charge is -2.25. The molecule has 1 heterocycles. The van der Waals surface area contributed by atoms with Crippen molar-refractivity contribution in [3.63, 3.8) is 0 Å². The standard InChI is InChI=1S/C18H30O3S/c19-18(20)11-7-2-1-4-8-15-13-22-14-16(15)12-21-17-9-5-3-6-10-17/h1,4,15-17H,2-3,5-14H2,(H,19,20)/b4-1-/t15-,16-/m0/s1. The molecule has 1 N–H and O–H groups in total. The van der Waals surface area contributed by atoms with Gasteiger partial charge in [0.2, 0.25) is 0 Å². The van der Waals surface area contributed by atoms with E-state index in [4.69, 9.17) is 9.84 Å². The second-order valence-electron chi connectivity index (χ2n) is 6.64. The van der Waals surface area contributed by atoms with E-state index in [1.165, 1.54) is 43.6 Å². The molecule has 0 bridgehead atoms. The lowest BCUT2D eigenvalue weighted by atomic mass is 9.92. The van der Waals surface area contributed by atoms with E-state index in [1.54, 1.807) is 0 Å². The third-order valence-electron chi connectivity index (χ3n) is 4.80. The highest BCUT2D eigenvalue weighted by Gasteiger charge is 2.28. The van der Waals surface area contributed by atoms with Gasteiger partial charge in [-0.2, -0.15) is 11.8 Å². The predicted octanol–water partition coefficient (Wildman–Crippen LogP) is 4.52. The van der Waals surface area contributed by atoms with Crippen molar-refractivity contribution in [2.45, 2.75) is 63.9 Å². The Morgan fingerprint density at radius 3 is 2.68 bits per heavy atom. The van der Waals surface area contributed by atoms with Crippen LogP contribution >= 0.6 is 11.8 Å². The number of carbonyl (C=O) groups is 1. The largest absolute Gasteiger partial charge is 0.481 e. The average molecular weight is 327 g/mol. The second kappa shape index (κ2) is 10.3. The molecule has 0 unspecified atom stereocenters. The first kappa shape index (κ1) is 17.9. The SMILES string of the molecule is O=C(O)CCC/C=C\C[C@H]1CSC[C@@H]1COC1CCCCC1. The van der Waals surface area contributed by atoms with Crippen LogP contribution in [0.1, 0.15) is 57.8 Å². The van der Waals surface area contributed by atoms with Crippen LogP contribution in [0.5, 0.6) is 0 Å². The van der Waals surface area contributed by atoms with Crippen LogP contribution in [0.25, 0.3) is 0 Å². The van der Waals surface area contributed by atoms with Gasteiger partial charge < -0.3 is 9.84 Å². The van der Waals surface area contributed by atoms with Crippen LogP contribution in [0.2, 0.25) is 0 Å². The second-order valence-corrected chi connectivity index (χ2v) is 7.72. The summed E-state index contributed by atoms with van der Waals surface area (Å²) in [4.78, 5) is 10.4. The number of hydrogen-bond donors (Lipinski definition) is 1. The van der Waals surface area contributed by atoms with Crippen molar-refractivity contribution in [3.8, 4) is 0 Å². The Bertz CT molecular complexity index is 350. The van der Waals surface area contributed by atoms with Gasteiger partial charge in [0.05, 0.1) is 12.7 Å². The van der Waals surface area contributed by atoms with Crippen molar-refractivity contribution in [2.24, 2.45) is 11.8 Å². The maximum absolute atomic E-state index is 10.4. The van der Waals surface area contributed by atoms with Crippen LogP contribution in [0.4, 0.5) is 0 Å². The van der Waals surface area contributed by atoms with Gasteiger partial charge in [0, 0.05) is 6.42 Å². The molecule has 0 aromatic rings. The predicted molar refractivity (Wildman–Crippen MR) is 92.4 cm³/mol. The summed E-state index contributed by atoms with van der Waals surface area (Å²) in [7, 11) is 0. The third-order valence-corrected chi connectivity index (χ3v) is 6.12. The zero-order valence-corrected chi connectivity index (χ0v) is 14.4. The molecule has 1 saturated heterocycles. The Labute approximate surface area is 138 Å². The van der Waals surface area contributed by atoms with Crippen LogP contribution < -0.4 is 0 Å². The summed E-state index contributed by atoms with van der Waals surface area (Å²) in [6.45, 7) is 0.940. The molecule has 3 nitrogen and oxygen atoms in total. The van der Waals surface area contributed by atoms with Gasteiger partial charge in [-0.1, -0.05) is 31.4 Å². The first-order valence-electron chi connectivity index (χ1n) is 8.82. The van der Waals surface area contributed by atoms with E-state index in [9.17, 15) is 4.79 Å². The molecule has 2 atom stereocenters. The van der Waals surface area contributed by atoms with Crippen molar-refractivity contribution < 1.29 is 14.6 Å². The normalized spacial score (nSPS) is 26.7.